The fourth-order valence-electron chi connectivity index (χ4n) is 11.0. The zero-order valence-electron chi connectivity index (χ0n) is 54.1. The zero-order valence-corrected chi connectivity index (χ0v) is 54.1. The van der Waals surface area contributed by atoms with E-state index in [2.05, 4.69) is 57.2 Å². The lowest BCUT2D eigenvalue weighted by Gasteiger charge is -2.18. The Morgan fingerprint density at radius 1 is 0.250 bits per heavy atom. The van der Waals surface area contributed by atoms with Gasteiger partial charge in [-0.1, -0.05) is 359 Å². The second-order valence-corrected chi connectivity index (χ2v) is 24.5. The molecule has 0 spiro atoms. The normalized spacial score (nSPS) is 12.2. The zero-order chi connectivity index (χ0) is 57.8. The molecule has 0 aliphatic heterocycles. The Balaban J connectivity index is 3.92. The topological polar surface area (TPSA) is 78.9 Å². The van der Waals surface area contributed by atoms with Crippen molar-refractivity contribution in [2.24, 2.45) is 0 Å². The Morgan fingerprint density at radius 3 is 0.700 bits per heavy atom. The van der Waals surface area contributed by atoms with Gasteiger partial charge in [0.2, 0.25) is 0 Å². The molecule has 0 aromatic heterocycles. The third kappa shape index (κ3) is 66.4. The van der Waals surface area contributed by atoms with E-state index in [-0.39, 0.29) is 31.1 Å². The van der Waals surface area contributed by atoms with Crippen molar-refractivity contribution >= 4 is 17.9 Å². The van der Waals surface area contributed by atoms with Crippen LogP contribution in [0.2, 0.25) is 0 Å². The molecule has 0 aromatic carbocycles. The maximum absolute atomic E-state index is 12.9. The van der Waals surface area contributed by atoms with Gasteiger partial charge in [0.1, 0.15) is 13.2 Å². The minimum Gasteiger partial charge on any atom is -0.462 e. The predicted octanol–water partition coefficient (Wildman–Crippen LogP) is 24.7. The standard InChI is InChI=1S/C74H138O6/c1-4-7-10-13-15-17-19-21-23-25-27-29-31-33-35-36-37-39-40-42-44-46-48-50-52-54-56-58-61-64-67-73(76)79-70-71(69-78-72(75)66-63-60-12-9-6-3)80-74(77)68-65-62-59-57-55-53-51-49-47-45-43-41-38-34-32-30-28-26-24-22-20-18-16-14-11-8-5-2/h20,22,26,28,32,34,71H,4-19,21,23-25,27,29-31,33,35-70H2,1-3H3/b22-20-,28-26-,34-32-. The first-order chi connectivity index (χ1) is 39.5. The Morgan fingerprint density at radius 2 is 0.450 bits per heavy atom. The van der Waals surface area contributed by atoms with Gasteiger partial charge in [0.15, 0.2) is 6.10 Å². The molecule has 0 saturated heterocycles. The van der Waals surface area contributed by atoms with Crippen LogP contribution in [-0.2, 0) is 28.6 Å². The quantitative estimate of drug-likeness (QED) is 0.0261. The fourth-order valence-corrected chi connectivity index (χ4v) is 11.0. The second-order valence-electron chi connectivity index (χ2n) is 24.5. The molecule has 0 N–H and O–H groups in total. The van der Waals surface area contributed by atoms with E-state index in [0.29, 0.717) is 19.3 Å². The van der Waals surface area contributed by atoms with Crippen LogP contribution >= 0.6 is 0 Å². The van der Waals surface area contributed by atoms with Crippen molar-refractivity contribution in [3.63, 3.8) is 0 Å². The predicted molar refractivity (Wildman–Crippen MR) is 349 cm³/mol. The molecule has 0 aromatic rings. The highest BCUT2D eigenvalue weighted by atomic mass is 16.6. The molecule has 0 aliphatic carbocycles. The van der Waals surface area contributed by atoms with Gasteiger partial charge in [0.05, 0.1) is 0 Å². The highest BCUT2D eigenvalue weighted by Crippen LogP contribution is 2.19. The van der Waals surface area contributed by atoms with Gasteiger partial charge in [-0.25, -0.2) is 0 Å². The van der Waals surface area contributed by atoms with Crippen LogP contribution in [0.25, 0.3) is 0 Å². The molecule has 0 fully saturated rings. The number of esters is 3. The van der Waals surface area contributed by atoms with Gasteiger partial charge in [-0.15, -0.1) is 0 Å². The maximum atomic E-state index is 12.9. The first-order valence-electron chi connectivity index (χ1n) is 36.0. The number of ether oxygens (including phenoxy) is 3. The van der Waals surface area contributed by atoms with Gasteiger partial charge in [-0.05, 0) is 57.8 Å². The van der Waals surface area contributed by atoms with Crippen LogP contribution in [-0.4, -0.2) is 37.2 Å². The van der Waals surface area contributed by atoms with Crippen LogP contribution in [0.1, 0.15) is 400 Å². The molecular weight excluding hydrogens is 985 g/mol. The van der Waals surface area contributed by atoms with Crippen LogP contribution in [0.3, 0.4) is 0 Å². The number of carbonyl (C=O) groups is 3. The highest BCUT2D eigenvalue weighted by molar-refractivity contribution is 5.71. The molecule has 470 valence electrons. The van der Waals surface area contributed by atoms with E-state index < -0.39 is 6.10 Å². The summed E-state index contributed by atoms with van der Waals surface area (Å²) in [7, 11) is 0. The van der Waals surface area contributed by atoms with Crippen LogP contribution in [0.4, 0.5) is 0 Å². The number of carbonyl (C=O) groups excluding carboxylic acids is 3. The van der Waals surface area contributed by atoms with E-state index in [1.54, 1.807) is 0 Å². The largest absolute Gasteiger partial charge is 0.462 e. The summed E-state index contributed by atoms with van der Waals surface area (Å²) in [5.74, 6) is -0.859. The first-order valence-corrected chi connectivity index (χ1v) is 36.0. The van der Waals surface area contributed by atoms with E-state index in [4.69, 9.17) is 14.2 Å². The van der Waals surface area contributed by atoms with Gasteiger partial charge < -0.3 is 14.2 Å². The number of hydrogen-bond acceptors (Lipinski definition) is 6. The van der Waals surface area contributed by atoms with E-state index in [1.807, 2.05) is 0 Å². The highest BCUT2D eigenvalue weighted by Gasteiger charge is 2.19. The summed E-state index contributed by atoms with van der Waals surface area (Å²) < 4.78 is 16.8. The third-order valence-corrected chi connectivity index (χ3v) is 16.4. The molecule has 1 unspecified atom stereocenters. The molecule has 80 heavy (non-hydrogen) atoms. The Labute approximate surface area is 499 Å². The molecule has 0 rings (SSSR count). The lowest BCUT2D eigenvalue weighted by molar-refractivity contribution is -0.167. The smallest absolute Gasteiger partial charge is 0.306 e. The third-order valence-electron chi connectivity index (χ3n) is 16.4. The molecule has 6 nitrogen and oxygen atoms in total. The summed E-state index contributed by atoms with van der Waals surface area (Å²) in [5.41, 5.74) is 0. The molecule has 0 heterocycles. The van der Waals surface area contributed by atoms with Crippen LogP contribution in [0.5, 0.6) is 0 Å². The lowest BCUT2D eigenvalue weighted by atomic mass is 10.0. The van der Waals surface area contributed by atoms with Gasteiger partial charge in [-0.2, -0.15) is 0 Å². The van der Waals surface area contributed by atoms with E-state index >= 15 is 0 Å². The van der Waals surface area contributed by atoms with Crippen LogP contribution in [0, 0.1) is 0 Å². The minimum atomic E-state index is -0.768. The van der Waals surface area contributed by atoms with Crippen molar-refractivity contribution in [1.82, 2.24) is 0 Å². The fraction of sp³-hybridized carbons (Fsp3) is 0.878. The van der Waals surface area contributed by atoms with Crippen LogP contribution in [0.15, 0.2) is 36.5 Å². The number of rotatable bonds is 67. The van der Waals surface area contributed by atoms with Gasteiger partial charge in [0.25, 0.3) is 0 Å². The molecule has 6 heteroatoms. The van der Waals surface area contributed by atoms with E-state index in [1.165, 1.54) is 283 Å². The van der Waals surface area contributed by atoms with Crippen LogP contribution < -0.4 is 0 Å². The number of allylic oxidation sites excluding steroid dienone is 6. The average Bonchev–Trinajstić information content (AvgIpc) is 3.46. The summed E-state index contributed by atoms with van der Waals surface area (Å²) >= 11 is 0. The van der Waals surface area contributed by atoms with Crippen molar-refractivity contribution in [1.29, 1.82) is 0 Å². The monoisotopic (exact) mass is 1120 g/mol. The Kier molecular flexibility index (Phi) is 67.1. The summed E-state index contributed by atoms with van der Waals surface area (Å²) in [4.78, 5) is 38.0. The minimum absolute atomic E-state index is 0.0682. The Bertz CT molecular complexity index is 1340. The lowest BCUT2D eigenvalue weighted by Crippen LogP contribution is -2.30. The summed E-state index contributed by atoms with van der Waals surface area (Å²) in [5, 5.41) is 0. The van der Waals surface area contributed by atoms with Gasteiger partial charge in [-0.3, -0.25) is 14.4 Å². The summed E-state index contributed by atoms with van der Waals surface area (Å²) in [6, 6.07) is 0. The molecule has 0 aliphatic rings. The van der Waals surface area contributed by atoms with Crippen molar-refractivity contribution in [2.45, 2.75) is 406 Å². The van der Waals surface area contributed by atoms with E-state index in [0.717, 1.165) is 77.0 Å². The molecule has 1 atom stereocenters. The Hall–Kier alpha value is -2.37. The van der Waals surface area contributed by atoms with Crippen molar-refractivity contribution in [2.75, 3.05) is 13.2 Å². The average molecular weight is 1120 g/mol. The molecule has 0 saturated carbocycles. The molecule has 0 radical (unpaired) electrons. The van der Waals surface area contributed by atoms with Crippen molar-refractivity contribution in [3.05, 3.63) is 36.5 Å². The number of hydrogen-bond donors (Lipinski definition) is 0. The molecular formula is C74H138O6. The maximum Gasteiger partial charge on any atom is 0.306 e. The first kappa shape index (κ1) is 77.6. The van der Waals surface area contributed by atoms with Gasteiger partial charge in [0, 0.05) is 19.3 Å². The van der Waals surface area contributed by atoms with Crippen molar-refractivity contribution in [3.8, 4) is 0 Å². The molecule has 0 amide bonds. The second kappa shape index (κ2) is 69.1. The number of unbranched alkanes of at least 4 members (excludes halogenated alkanes) is 50. The summed E-state index contributed by atoms with van der Waals surface area (Å²) in [6.45, 7) is 6.61. The SMILES string of the molecule is CCCCCCC/C=C\C/C=C\C/C=C\CCCCCCCCCCCCCCC(=O)OC(COC(=O)CCCCCCC)COC(=O)CCCCCCCCCCCCCCCCCCCCCCCCCCCCCCCC. The summed E-state index contributed by atoms with van der Waals surface area (Å²) in [6.07, 6.45) is 86.7. The molecule has 0 bridgehead atoms. The van der Waals surface area contributed by atoms with Crippen molar-refractivity contribution < 1.29 is 28.6 Å². The van der Waals surface area contributed by atoms with Gasteiger partial charge >= 0.3 is 17.9 Å². The van der Waals surface area contributed by atoms with E-state index in [9.17, 15) is 14.4 Å².